The van der Waals surface area contributed by atoms with Crippen LogP contribution in [0.5, 0.6) is 5.88 Å². The Bertz CT molecular complexity index is 667. The molecule has 2 rings (SSSR count). The molecule has 0 unspecified atom stereocenters. The Hall–Kier alpha value is -1.89. The number of ether oxygens (including phenoxy) is 1. The van der Waals surface area contributed by atoms with E-state index in [0.717, 1.165) is 11.1 Å². The van der Waals surface area contributed by atoms with Gasteiger partial charge in [0.1, 0.15) is 12.3 Å². The van der Waals surface area contributed by atoms with Gasteiger partial charge in [0, 0.05) is 23.0 Å². The minimum Gasteiger partial charge on any atom is -0.472 e. The first kappa shape index (κ1) is 21.2. The lowest BCUT2D eigenvalue weighted by molar-refractivity contribution is 0.0939. The highest BCUT2D eigenvalue weighted by Gasteiger charge is 2.10. The maximum Gasteiger partial charge on any atom is 0.271 e. The topological polar surface area (TPSA) is 84.3 Å². The normalized spacial score (nSPS) is 9.80. The molecule has 1 heterocycles. The molecule has 25 heavy (non-hydrogen) atoms. The fraction of sp³-hybridized carbons (Fsp3) is 0.353. The third-order valence-electron chi connectivity index (χ3n) is 2.98. The van der Waals surface area contributed by atoms with Crippen molar-refractivity contribution in [3.05, 3.63) is 52.4 Å². The van der Waals surface area contributed by atoms with E-state index < -0.39 is 5.91 Å². The van der Waals surface area contributed by atoms with Crippen molar-refractivity contribution in [3.8, 4) is 5.88 Å². The molecule has 1 aromatic carbocycles. The first-order chi connectivity index (χ1) is 12.2. The van der Waals surface area contributed by atoms with Gasteiger partial charge in [0.05, 0.1) is 19.0 Å². The van der Waals surface area contributed by atoms with Gasteiger partial charge >= 0.3 is 0 Å². The number of benzene rings is 1. The SMILES string of the molecule is CC.O=C(NCCO)c1cnc(OCc2c(Cl)cccc2CCl)cn1. The van der Waals surface area contributed by atoms with Crippen molar-refractivity contribution < 1.29 is 14.6 Å². The van der Waals surface area contributed by atoms with Gasteiger partial charge in [-0.15, -0.1) is 11.6 Å². The van der Waals surface area contributed by atoms with Gasteiger partial charge in [-0.25, -0.2) is 9.97 Å². The number of amides is 1. The molecule has 8 heteroatoms. The second kappa shape index (κ2) is 11.6. The predicted octanol–water partition coefficient (Wildman–Crippen LogP) is 3.20. The molecule has 6 nitrogen and oxygen atoms in total. The van der Waals surface area contributed by atoms with Gasteiger partial charge in [-0.1, -0.05) is 37.6 Å². The smallest absolute Gasteiger partial charge is 0.271 e. The summed E-state index contributed by atoms with van der Waals surface area (Å²) in [5.74, 6) is 0.187. The lowest BCUT2D eigenvalue weighted by atomic mass is 10.1. The highest BCUT2D eigenvalue weighted by atomic mass is 35.5. The molecule has 136 valence electrons. The number of hydrogen-bond acceptors (Lipinski definition) is 5. The molecular formula is C17H21Cl2N3O3. The lowest BCUT2D eigenvalue weighted by Gasteiger charge is -2.10. The zero-order valence-electron chi connectivity index (χ0n) is 14.1. The van der Waals surface area contributed by atoms with Gasteiger partial charge in [-0.2, -0.15) is 0 Å². The number of alkyl halides is 1. The van der Waals surface area contributed by atoms with Crippen LogP contribution in [0.25, 0.3) is 0 Å². The molecule has 2 aromatic rings. The summed E-state index contributed by atoms with van der Waals surface area (Å²) in [6.07, 6.45) is 2.65. The van der Waals surface area contributed by atoms with Crippen molar-refractivity contribution in [2.45, 2.75) is 26.3 Å². The largest absolute Gasteiger partial charge is 0.472 e. The summed E-state index contributed by atoms with van der Waals surface area (Å²) in [4.78, 5) is 19.6. The van der Waals surface area contributed by atoms with E-state index in [9.17, 15) is 4.79 Å². The molecule has 0 aliphatic carbocycles. The van der Waals surface area contributed by atoms with Crippen molar-refractivity contribution in [3.63, 3.8) is 0 Å². The Balaban J connectivity index is 0.00000151. The van der Waals surface area contributed by atoms with E-state index in [1.165, 1.54) is 12.4 Å². The molecule has 0 spiro atoms. The van der Waals surface area contributed by atoms with Crippen molar-refractivity contribution in [2.24, 2.45) is 0 Å². The number of nitrogens with one attached hydrogen (secondary N) is 1. The third kappa shape index (κ3) is 6.49. The summed E-state index contributed by atoms with van der Waals surface area (Å²) >= 11 is 12.0. The zero-order chi connectivity index (χ0) is 18.7. The zero-order valence-corrected chi connectivity index (χ0v) is 15.6. The van der Waals surface area contributed by atoms with E-state index >= 15 is 0 Å². The van der Waals surface area contributed by atoms with Crippen LogP contribution in [0.15, 0.2) is 30.6 Å². The lowest BCUT2D eigenvalue weighted by Crippen LogP contribution is -2.27. The van der Waals surface area contributed by atoms with Crippen LogP contribution in [0.4, 0.5) is 0 Å². The number of carbonyl (C=O) groups is 1. The highest BCUT2D eigenvalue weighted by molar-refractivity contribution is 6.31. The Morgan fingerprint density at radius 2 is 2.04 bits per heavy atom. The highest BCUT2D eigenvalue weighted by Crippen LogP contribution is 2.23. The van der Waals surface area contributed by atoms with Crippen molar-refractivity contribution in [1.82, 2.24) is 15.3 Å². The van der Waals surface area contributed by atoms with Crippen LogP contribution in [0.2, 0.25) is 5.02 Å². The number of rotatable bonds is 7. The van der Waals surface area contributed by atoms with Gasteiger partial charge in [0.2, 0.25) is 5.88 Å². The minimum absolute atomic E-state index is 0.138. The van der Waals surface area contributed by atoms with E-state index in [1.54, 1.807) is 6.07 Å². The minimum atomic E-state index is -0.409. The molecule has 1 amide bonds. The number of carbonyl (C=O) groups excluding carboxylic acids is 1. The molecule has 0 radical (unpaired) electrons. The maximum absolute atomic E-state index is 11.6. The Morgan fingerprint density at radius 1 is 1.28 bits per heavy atom. The molecule has 0 fully saturated rings. The fourth-order valence-corrected chi connectivity index (χ4v) is 2.30. The van der Waals surface area contributed by atoms with Crippen molar-refractivity contribution in [2.75, 3.05) is 13.2 Å². The van der Waals surface area contributed by atoms with Crippen molar-refractivity contribution in [1.29, 1.82) is 0 Å². The van der Waals surface area contributed by atoms with E-state index in [1.807, 2.05) is 26.0 Å². The molecular weight excluding hydrogens is 365 g/mol. The average molecular weight is 386 g/mol. The van der Waals surface area contributed by atoms with Crippen LogP contribution in [-0.4, -0.2) is 34.1 Å². The van der Waals surface area contributed by atoms with Crippen LogP contribution in [0.3, 0.4) is 0 Å². The number of aliphatic hydroxyl groups is 1. The van der Waals surface area contributed by atoms with Gasteiger partial charge in [0.25, 0.3) is 5.91 Å². The summed E-state index contributed by atoms with van der Waals surface area (Å²) < 4.78 is 5.54. The van der Waals surface area contributed by atoms with Crippen LogP contribution >= 0.6 is 23.2 Å². The van der Waals surface area contributed by atoms with Gasteiger partial charge in [-0.05, 0) is 11.6 Å². The molecule has 0 saturated heterocycles. The first-order valence-electron chi connectivity index (χ1n) is 7.82. The van der Waals surface area contributed by atoms with Crippen LogP contribution in [-0.2, 0) is 12.5 Å². The quantitative estimate of drug-likeness (QED) is 0.714. The van der Waals surface area contributed by atoms with Gasteiger partial charge < -0.3 is 15.2 Å². The summed E-state index contributed by atoms with van der Waals surface area (Å²) in [7, 11) is 0. The molecule has 0 aliphatic rings. The summed E-state index contributed by atoms with van der Waals surface area (Å²) in [6.45, 7) is 4.22. The van der Waals surface area contributed by atoms with Crippen LogP contribution in [0.1, 0.15) is 35.5 Å². The summed E-state index contributed by atoms with van der Waals surface area (Å²) in [5.41, 5.74) is 1.81. The number of nitrogens with zero attached hydrogens (tertiary/aromatic N) is 2. The van der Waals surface area contributed by atoms with E-state index in [2.05, 4.69) is 15.3 Å². The molecule has 0 aliphatic heterocycles. The second-order valence-electron chi connectivity index (χ2n) is 4.52. The van der Waals surface area contributed by atoms with Crippen LogP contribution in [0, 0.1) is 0 Å². The summed E-state index contributed by atoms with van der Waals surface area (Å²) in [6, 6.07) is 5.46. The van der Waals surface area contributed by atoms with Gasteiger partial charge in [-0.3, -0.25) is 4.79 Å². The maximum atomic E-state index is 11.6. The molecule has 0 atom stereocenters. The Morgan fingerprint density at radius 3 is 2.64 bits per heavy atom. The number of aromatic nitrogens is 2. The third-order valence-corrected chi connectivity index (χ3v) is 3.62. The number of aliphatic hydroxyl groups excluding tert-OH is 1. The Labute approximate surface area is 157 Å². The van der Waals surface area contributed by atoms with E-state index in [0.29, 0.717) is 10.9 Å². The Kier molecular flexibility index (Phi) is 9.84. The average Bonchev–Trinajstić information content (AvgIpc) is 2.67. The molecule has 2 N–H and O–H groups in total. The molecule has 1 aromatic heterocycles. The van der Waals surface area contributed by atoms with Crippen molar-refractivity contribution >= 4 is 29.1 Å². The second-order valence-corrected chi connectivity index (χ2v) is 5.19. The van der Waals surface area contributed by atoms with Crippen LogP contribution < -0.4 is 10.1 Å². The molecule has 0 bridgehead atoms. The fourth-order valence-electron chi connectivity index (χ4n) is 1.80. The predicted molar refractivity (Wildman–Crippen MR) is 98.1 cm³/mol. The summed E-state index contributed by atoms with van der Waals surface area (Å²) in [5, 5.41) is 11.7. The molecule has 0 saturated carbocycles. The number of hydrogen-bond donors (Lipinski definition) is 2. The van der Waals surface area contributed by atoms with E-state index in [4.69, 9.17) is 33.0 Å². The van der Waals surface area contributed by atoms with E-state index in [-0.39, 0.29) is 31.3 Å². The standard InChI is InChI=1S/C15H15Cl2N3O3.C2H6/c16-6-10-2-1-3-12(17)11(10)9-23-14-8-19-13(7-20-14)15(22)18-4-5-21;1-2/h1-3,7-8,21H,4-6,9H2,(H,18,22);1-2H3. The number of halogens is 2. The monoisotopic (exact) mass is 385 g/mol. The van der Waals surface area contributed by atoms with Gasteiger partial charge in [0.15, 0.2) is 0 Å². The first-order valence-corrected chi connectivity index (χ1v) is 8.73.